The molecule has 0 N–H and O–H groups in total. The quantitative estimate of drug-likeness (QED) is 0.705. The molecule has 24 heavy (non-hydrogen) atoms. The van der Waals surface area contributed by atoms with Crippen LogP contribution in [0.2, 0.25) is 0 Å². The molecule has 2 aromatic rings. The van der Waals surface area contributed by atoms with E-state index in [9.17, 15) is 4.79 Å². The van der Waals surface area contributed by atoms with Crippen LogP contribution in [0.1, 0.15) is 5.56 Å². The highest BCUT2D eigenvalue weighted by molar-refractivity contribution is 5.77. The van der Waals surface area contributed by atoms with E-state index in [0.29, 0.717) is 31.2 Å². The molecule has 0 atom stereocenters. The number of amides is 1. The molecule has 6 heteroatoms. The van der Waals surface area contributed by atoms with Gasteiger partial charge >= 0.3 is 0 Å². The van der Waals surface area contributed by atoms with Gasteiger partial charge in [-0.05, 0) is 29.8 Å². The first-order chi connectivity index (χ1) is 11.7. The van der Waals surface area contributed by atoms with Crippen molar-refractivity contribution in [2.24, 2.45) is 0 Å². The minimum Gasteiger partial charge on any atom is -0.493 e. The van der Waals surface area contributed by atoms with Crippen molar-refractivity contribution in [1.82, 2.24) is 9.88 Å². The minimum atomic E-state index is -0.116. The molecule has 1 aromatic heterocycles. The summed E-state index contributed by atoms with van der Waals surface area (Å²) < 4.78 is 15.9. The number of hydrogen-bond donors (Lipinski definition) is 0. The van der Waals surface area contributed by atoms with E-state index in [4.69, 9.17) is 14.2 Å². The molecule has 1 heterocycles. The fraction of sp³-hybridized carbons (Fsp3) is 0.333. The van der Waals surface area contributed by atoms with Crippen molar-refractivity contribution in [2.45, 2.75) is 6.54 Å². The Labute approximate surface area is 142 Å². The maximum Gasteiger partial charge on any atom is 0.260 e. The summed E-state index contributed by atoms with van der Waals surface area (Å²) in [7, 11) is 3.18. The van der Waals surface area contributed by atoms with Crippen LogP contribution in [0.5, 0.6) is 11.5 Å². The molecule has 0 fully saturated rings. The highest BCUT2D eigenvalue weighted by Crippen LogP contribution is 2.25. The van der Waals surface area contributed by atoms with Gasteiger partial charge in [-0.15, -0.1) is 0 Å². The molecule has 0 saturated heterocycles. The predicted octanol–water partition coefficient (Wildman–Crippen LogP) is 2.14. The standard InChI is InChI=1S/C18H22N2O4/c1-22-12-11-20(13-15-7-9-19-10-8-15)18(21)14-24-17-6-4-3-5-16(17)23-2/h3-10H,11-14H2,1-2H3. The largest absolute Gasteiger partial charge is 0.493 e. The van der Waals surface area contributed by atoms with Crippen molar-refractivity contribution < 1.29 is 19.0 Å². The lowest BCUT2D eigenvalue weighted by Crippen LogP contribution is -2.36. The Kier molecular flexibility index (Phi) is 7.04. The zero-order valence-corrected chi connectivity index (χ0v) is 14.0. The van der Waals surface area contributed by atoms with E-state index in [0.717, 1.165) is 5.56 Å². The molecule has 2 rings (SSSR count). The number of hydrogen-bond acceptors (Lipinski definition) is 5. The Balaban J connectivity index is 1.99. The fourth-order valence-corrected chi connectivity index (χ4v) is 2.17. The number of aromatic nitrogens is 1. The molecule has 128 valence electrons. The second kappa shape index (κ2) is 9.52. The molecule has 0 aliphatic carbocycles. The van der Waals surface area contributed by atoms with E-state index >= 15 is 0 Å². The molecule has 1 aromatic carbocycles. The van der Waals surface area contributed by atoms with Crippen molar-refractivity contribution in [2.75, 3.05) is 34.0 Å². The molecule has 6 nitrogen and oxygen atoms in total. The Bertz CT molecular complexity index is 634. The van der Waals surface area contributed by atoms with Crippen LogP contribution in [-0.2, 0) is 16.1 Å². The van der Waals surface area contributed by atoms with Crippen LogP contribution < -0.4 is 9.47 Å². The Hall–Kier alpha value is -2.60. The topological polar surface area (TPSA) is 60.9 Å². The Morgan fingerprint density at radius 2 is 1.79 bits per heavy atom. The number of benzene rings is 1. The van der Waals surface area contributed by atoms with Crippen LogP contribution in [0.15, 0.2) is 48.8 Å². The van der Waals surface area contributed by atoms with Crippen LogP contribution in [-0.4, -0.2) is 49.8 Å². The first-order valence-electron chi connectivity index (χ1n) is 7.66. The number of nitrogens with zero attached hydrogens (tertiary/aromatic N) is 2. The molecule has 0 saturated carbocycles. The summed E-state index contributed by atoms with van der Waals surface area (Å²) in [5, 5.41) is 0. The van der Waals surface area contributed by atoms with Gasteiger partial charge in [0, 0.05) is 32.6 Å². The first kappa shape index (κ1) is 17.7. The third kappa shape index (κ3) is 5.24. The third-order valence-electron chi connectivity index (χ3n) is 3.46. The van der Waals surface area contributed by atoms with Gasteiger partial charge in [0.25, 0.3) is 5.91 Å². The molecule has 0 spiro atoms. The van der Waals surface area contributed by atoms with Gasteiger partial charge in [-0.2, -0.15) is 0 Å². The second-order valence-corrected chi connectivity index (χ2v) is 5.10. The highest BCUT2D eigenvalue weighted by atomic mass is 16.5. The van der Waals surface area contributed by atoms with E-state index in [1.807, 2.05) is 24.3 Å². The zero-order chi connectivity index (χ0) is 17.2. The summed E-state index contributed by atoms with van der Waals surface area (Å²) in [6.45, 7) is 1.38. The zero-order valence-electron chi connectivity index (χ0n) is 14.0. The SMILES string of the molecule is COCCN(Cc1ccncc1)C(=O)COc1ccccc1OC. The molecule has 0 aliphatic rings. The van der Waals surface area contributed by atoms with Crippen molar-refractivity contribution in [3.05, 3.63) is 54.4 Å². The Morgan fingerprint density at radius 3 is 2.46 bits per heavy atom. The van der Waals surface area contributed by atoms with Crippen LogP contribution in [0.25, 0.3) is 0 Å². The summed E-state index contributed by atoms with van der Waals surface area (Å²) in [5.74, 6) is 1.03. The lowest BCUT2D eigenvalue weighted by atomic mass is 10.2. The van der Waals surface area contributed by atoms with Gasteiger partial charge in [-0.25, -0.2) is 0 Å². The Morgan fingerprint density at radius 1 is 1.08 bits per heavy atom. The van der Waals surface area contributed by atoms with E-state index in [-0.39, 0.29) is 12.5 Å². The van der Waals surface area contributed by atoms with E-state index in [2.05, 4.69) is 4.98 Å². The van der Waals surface area contributed by atoms with Crippen molar-refractivity contribution in [3.63, 3.8) is 0 Å². The van der Waals surface area contributed by atoms with Crippen molar-refractivity contribution in [3.8, 4) is 11.5 Å². The minimum absolute atomic E-state index is 0.0603. The molecular weight excluding hydrogens is 308 g/mol. The average Bonchev–Trinajstić information content (AvgIpc) is 2.64. The summed E-state index contributed by atoms with van der Waals surface area (Å²) in [6.07, 6.45) is 3.42. The van der Waals surface area contributed by atoms with E-state index in [1.165, 1.54) is 0 Å². The summed E-state index contributed by atoms with van der Waals surface area (Å²) in [6, 6.07) is 11.0. The number of carbonyl (C=O) groups excluding carboxylic acids is 1. The van der Waals surface area contributed by atoms with Crippen LogP contribution in [0, 0.1) is 0 Å². The van der Waals surface area contributed by atoms with Crippen LogP contribution in [0.3, 0.4) is 0 Å². The number of ether oxygens (including phenoxy) is 3. The number of pyridine rings is 1. The van der Waals surface area contributed by atoms with Crippen LogP contribution >= 0.6 is 0 Å². The van der Waals surface area contributed by atoms with Gasteiger partial charge in [-0.3, -0.25) is 9.78 Å². The summed E-state index contributed by atoms with van der Waals surface area (Å²) in [5.41, 5.74) is 1.01. The van der Waals surface area contributed by atoms with Gasteiger partial charge in [-0.1, -0.05) is 12.1 Å². The van der Waals surface area contributed by atoms with E-state index < -0.39 is 0 Å². The van der Waals surface area contributed by atoms with Gasteiger partial charge in [0.15, 0.2) is 18.1 Å². The molecule has 0 unspecified atom stereocenters. The first-order valence-corrected chi connectivity index (χ1v) is 7.66. The van der Waals surface area contributed by atoms with Gasteiger partial charge in [0.2, 0.25) is 0 Å². The van der Waals surface area contributed by atoms with Gasteiger partial charge in [0.05, 0.1) is 13.7 Å². The second-order valence-electron chi connectivity index (χ2n) is 5.10. The lowest BCUT2D eigenvalue weighted by Gasteiger charge is -2.22. The molecule has 0 aliphatic heterocycles. The lowest BCUT2D eigenvalue weighted by molar-refractivity contribution is -0.134. The number of rotatable bonds is 9. The monoisotopic (exact) mass is 330 g/mol. The molecular formula is C18H22N2O4. The molecule has 0 radical (unpaired) electrons. The maximum absolute atomic E-state index is 12.5. The number of carbonyl (C=O) groups is 1. The fourth-order valence-electron chi connectivity index (χ4n) is 2.17. The summed E-state index contributed by atoms with van der Waals surface area (Å²) >= 11 is 0. The molecule has 0 bridgehead atoms. The molecule has 1 amide bonds. The predicted molar refractivity (Wildman–Crippen MR) is 90.0 cm³/mol. The van der Waals surface area contributed by atoms with Crippen molar-refractivity contribution >= 4 is 5.91 Å². The number of methoxy groups -OCH3 is 2. The highest BCUT2D eigenvalue weighted by Gasteiger charge is 2.15. The maximum atomic E-state index is 12.5. The smallest absolute Gasteiger partial charge is 0.260 e. The van der Waals surface area contributed by atoms with Crippen molar-refractivity contribution in [1.29, 1.82) is 0 Å². The third-order valence-corrected chi connectivity index (χ3v) is 3.46. The van der Waals surface area contributed by atoms with Gasteiger partial charge < -0.3 is 19.1 Å². The summed E-state index contributed by atoms with van der Waals surface area (Å²) in [4.78, 5) is 18.2. The average molecular weight is 330 g/mol. The normalized spacial score (nSPS) is 10.2. The van der Waals surface area contributed by atoms with E-state index in [1.54, 1.807) is 43.6 Å². The number of para-hydroxylation sites is 2. The van der Waals surface area contributed by atoms with Gasteiger partial charge in [0.1, 0.15) is 0 Å². The van der Waals surface area contributed by atoms with Crippen LogP contribution in [0.4, 0.5) is 0 Å².